The van der Waals surface area contributed by atoms with Crippen LogP contribution in [0.5, 0.6) is 0 Å². The van der Waals surface area contributed by atoms with Gasteiger partial charge in [-0.3, -0.25) is 0 Å². The Morgan fingerprint density at radius 1 is 1.15 bits per heavy atom. The quantitative estimate of drug-likeness (QED) is 0.911. The third-order valence-corrected chi connectivity index (χ3v) is 3.70. The SMILES string of the molecule is O=C(O)c1ccsc1C(O)c1ccc(C(F)(F)F)cc1. The molecule has 1 aromatic heterocycles. The number of aliphatic hydroxyl groups is 1. The Labute approximate surface area is 115 Å². The number of hydrogen-bond donors (Lipinski definition) is 2. The highest BCUT2D eigenvalue weighted by Crippen LogP contribution is 2.33. The Kier molecular flexibility index (Phi) is 3.82. The van der Waals surface area contributed by atoms with Crippen LogP contribution in [0.1, 0.15) is 32.5 Å². The Balaban J connectivity index is 2.32. The average molecular weight is 302 g/mol. The Hall–Kier alpha value is -1.86. The second-order valence-electron chi connectivity index (χ2n) is 4.03. The van der Waals surface area contributed by atoms with Gasteiger partial charge in [-0.15, -0.1) is 11.3 Å². The second kappa shape index (κ2) is 5.26. The zero-order valence-electron chi connectivity index (χ0n) is 9.89. The van der Waals surface area contributed by atoms with Crippen LogP contribution in [0.25, 0.3) is 0 Å². The smallest absolute Gasteiger partial charge is 0.416 e. The number of halogens is 3. The van der Waals surface area contributed by atoms with Gasteiger partial charge in [-0.25, -0.2) is 4.79 Å². The van der Waals surface area contributed by atoms with Crippen LogP contribution < -0.4 is 0 Å². The van der Waals surface area contributed by atoms with Gasteiger partial charge in [0, 0.05) is 0 Å². The third-order valence-electron chi connectivity index (χ3n) is 2.73. The molecule has 1 aromatic carbocycles. The molecule has 1 heterocycles. The zero-order valence-corrected chi connectivity index (χ0v) is 10.7. The number of benzene rings is 1. The molecule has 20 heavy (non-hydrogen) atoms. The highest BCUT2D eigenvalue weighted by molar-refractivity contribution is 7.10. The molecule has 0 bridgehead atoms. The fourth-order valence-corrected chi connectivity index (χ4v) is 2.61. The Morgan fingerprint density at radius 3 is 2.25 bits per heavy atom. The minimum Gasteiger partial charge on any atom is -0.478 e. The molecular weight excluding hydrogens is 293 g/mol. The number of carbonyl (C=O) groups is 1. The van der Waals surface area contributed by atoms with Gasteiger partial charge in [0.15, 0.2) is 0 Å². The van der Waals surface area contributed by atoms with Gasteiger partial charge in [-0.1, -0.05) is 12.1 Å². The van der Waals surface area contributed by atoms with E-state index in [2.05, 4.69) is 0 Å². The molecule has 2 N–H and O–H groups in total. The fourth-order valence-electron chi connectivity index (χ4n) is 1.72. The van der Waals surface area contributed by atoms with Gasteiger partial charge in [-0.2, -0.15) is 13.2 Å². The number of alkyl halides is 3. The van der Waals surface area contributed by atoms with Gasteiger partial charge in [0.05, 0.1) is 16.0 Å². The predicted octanol–water partition coefficient (Wildman–Crippen LogP) is 3.55. The van der Waals surface area contributed by atoms with Crippen molar-refractivity contribution in [2.24, 2.45) is 0 Å². The molecular formula is C13H9F3O3S. The molecule has 7 heteroatoms. The maximum Gasteiger partial charge on any atom is 0.416 e. The van der Waals surface area contributed by atoms with Gasteiger partial charge in [-0.05, 0) is 29.1 Å². The molecule has 0 spiro atoms. The van der Waals surface area contributed by atoms with Crippen LogP contribution in [0.15, 0.2) is 35.7 Å². The lowest BCUT2D eigenvalue weighted by atomic mass is 10.0. The first-order chi connectivity index (χ1) is 9.30. The monoisotopic (exact) mass is 302 g/mol. The number of carboxylic acid groups (broad SMARTS) is 1. The van der Waals surface area contributed by atoms with E-state index in [1.54, 1.807) is 0 Å². The van der Waals surface area contributed by atoms with Gasteiger partial charge in [0.2, 0.25) is 0 Å². The summed E-state index contributed by atoms with van der Waals surface area (Å²) in [5, 5.41) is 20.5. The van der Waals surface area contributed by atoms with E-state index in [9.17, 15) is 23.1 Å². The number of aromatic carboxylic acids is 1. The molecule has 3 nitrogen and oxygen atoms in total. The highest BCUT2D eigenvalue weighted by atomic mass is 32.1. The first-order valence-electron chi connectivity index (χ1n) is 5.46. The van der Waals surface area contributed by atoms with Crippen LogP contribution in [0.4, 0.5) is 13.2 Å². The number of carboxylic acids is 1. The van der Waals surface area contributed by atoms with Crippen molar-refractivity contribution in [3.63, 3.8) is 0 Å². The topological polar surface area (TPSA) is 57.5 Å². The molecule has 1 atom stereocenters. The minimum atomic E-state index is -4.45. The van der Waals surface area contributed by atoms with Crippen LogP contribution in [-0.2, 0) is 6.18 Å². The van der Waals surface area contributed by atoms with E-state index < -0.39 is 23.8 Å². The normalized spacial score (nSPS) is 13.2. The summed E-state index contributed by atoms with van der Waals surface area (Å²) in [6.45, 7) is 0. The van der Waals surface area contributed by atoms with Crippen LogP contribution in [-0.4, -0.2) is 16.2 Å². The van der Waals surface area contributed by atoms with Crippen LogP contribution >= 0.6 is 11.3 Å². The molecule has 0 radical (unpaired) electrons. The first-order valence-corrected chi connectivity index (χ1v) is 6.34. The van der Waals surface area contributed by atoms with Crippen molar-refractivity contribution in [3.8, 4) is 0 Å². The summed E-state index contributed by atoms with van der Waals surface area (Å²) in [5.74, 6) is -1.19. The molecule has 0 amide bonds. The Morgan fingerprint density at radius 2 is 1.75 bits per heavy atom. The van der Waals surface area contributed by atoms with Crippen LogP contribution in [0, 0.1) is 0 Å². The van der Waals surface area contributed by atoms with E-state index in [-0.39, 0.29) is 16.0 Å². The summed E-state index contributed by atoms with van der Waals surface area (Å²) in [7, 11) is 0. The molecule has 106 valence electrons. The molecule has 0 aliphatic carbocycles. The van der Waals surface area contributed by atoms with Crippen molar-refractivity contribution in [1.82, 2.24) is 0 Å². The van der Waals surface area contributed by atoms with Crippen LogP contribution in [0.2, 0.25) is 0 Å². The number of hydrogen-bond acceptors (Lipinski definition) is 3. The van der Waals surface area contributed by atoms with E-state index in [1.165, 1.54) is 11.4 Å². The molecule has 2 rings (SSSR count). The lowest BCUT2D eigenvalue weighted by molar-refractivity contribution is -0.137. The number of aliphatic hydroxyl groups excluding tert-OH is 1. The molecule has 0 saturated carbocycles. The summed E-state index contributed by atoms with van der Waals surface area (Å²) in [4.78, 5) is 11.1. The summed E-state index contributed by atoms with van der Waals surface area (Å²) in [6.07, 6.45) is -5.71. The van der Waals surface area contributed by atoms with Crippen molar-refractivity contribution in [1.29, 1.82) is 0 Å². The fraction of sp³-hybridized carbons (Fsp3) is 0.154. The van der Waals surface area contributed by atoms with Crippen molar-refractivity contribution < 1.29 is 28.2 Å². The summed E-state index contributed by atoms with van der Waals surface area (Å²) in [6, 6.07) is 5.33. The summed E-state index contributed by atoms with van der Waals surface area (Å²) < 4.78 is 37.3. The van der Waals surface area contributed by atoms with Crippen molar-refractivity contribution in [3.05, 3.63) is 57.3 Å². The largest absolute Gasteiger partial charge is 0.478 e. The summed E-state index contributed by atoms with van der Waals surface area (Å²) >= 11 is 1.04. The molecule has 1 unspecified atom stereocenters. The van der Waals surface area contributed by atoms with Gasteiger partial charge in [0.25, 0.3) is 0 Å². The van der Waals surface area contributed by atoms with E-state index in [0.29, 0.717) is 0 Å². The molecule has 0 aliphatic heterocycles. The van der Waals surface area contributed by atoms with Gasteiger partial charge >= 0.3 is 12.1 Å². The van der Waals surface area contributed by atoms with E-state index in [0.717, 1.165) is 35.6 Å². The lowest BCUT2D eigenvalue weighted by Gasteiger charge is -2.12. The van der Waals surface area contributed by atoms with E-state index in [4.69, 9.17) is 5.11 Å². The number of rotatable bonds is 3. The van der Waals surface area contributed by atoms with Crippen LogP contribution in [0.3, 0.4) is 0 Å². The number of thiophene rings is 1. The van der Waals surface area contributed by atoms with E-state index in [1.807, 2.05) is 0 Å². The second-order valence-corrected chi connectivity index (χ2v) is 4.97. The lowest BCUT2D eigenvalue weighted by Crippen LogP contribution is -2.07. The van der Waals surface area contributed by atoms with Crippen molar-refractivity contribution in [2.75, 3.05) is 0 Å². The molecule has 0 aliphatic rings. The Bertz CT molecular complexity index is 617. The first kappa shape index (κ1) is 14.5. The molecule has 0 saturated heterocycles. The highest BCUT2D eigenvalue weighted by Gasteiger charge is 2.30. The van der Waals surface area contributed by atoms with Crippen molar-refractivity contribution in [2.45, 2.75) is 12.3 Å². The third kappa shape index (κ3) is 2.83. The summed E-state index contributed by atoms with van der Waals surface area (Å²) in [5.41, 5.74) is -0.663. The van der Waals surface area contributed by atoms with Crippen molar-refractivity contribution >= 4 is 17.3 Å². The zero-order chi connectivity index (χ0) is 14.9. The minimum absolute atomic E-state index is 0.0533. The van der Waals surface area contributed by atoms with E-state index >= 15 is 0 Å². The standard InChI is InChI=1S/C13H9F3O3S/c14-13(15,16)8-3-1-7(2-4-8)10(17)11-9(12(18)19)5-6-20-11/h1-6,10,17H,(H,18,19). The molecule has 0 fully saturated rings. The van der Waals surface area contributed by atoms with Gasteiger partial charge < -0.3 is 10.2 Å². The predicted molar refractivity (Wildman–Crippen MR) is 66.8 cm³/mol. The maximum absolute atomic E-state index is 12.4. The maximum atomic E-state index is 12.4. The molecule has 2 aromatic rings. The average Bonchev–Trinajstić information content (AvgIpc) is 2.86. The van der Waals surface area contributed by atoms with Gasteiger partial charge in [0.1, 0.15) is 6.10 Å².